The van der Waals surface area contributed by atoms with Gasteiger partial charge in [0.25, 0.3) is 0 Å². The molecule has 1 aliphatic heterocycles. The van der Waals surface area contributed by atoms with Crippen LogP contribution in [0.5, 0.6) is 0 Å². The quantitative estimate of drug-likeness (QED) is 0.242. The smallest absolute Gasteiger partial charge is 0.411 e. The first-order chi connectivity index (χ1) is 20.8. The van der Waals surface area contributed by atoms with Crippen molar-refractivity contribution in [2.24, 2.45) is 0 Å². The fourth-order valence-electron chi connectivity index (χ4n) is 5.61. The average molecular weight is 610 g/mol. The van der Waals surface area contributed by atoms with Crippen molar-refractivity contribution in [3.8, 4) is 22.6 Å². The van der Waals surface area contributed by atoms with Crippen LogP contribution < -0.4 is 5.32 Å². The summed E-state index contributed by atoms with van der Waals surface area (Å²) in [6.45, 7) is 15.9. The Bertz CT molecular complexity index is 1540. The molecule has 2 amide bonds. The second kappa shape index (κ2) is 12.9. The number of nitrogens with one attached hydrogen (secondary N) is 1. The van der Waals surface area contributed by atoms with E-state index < -0.39 is 19.8 Å². The maximum Gasteiger partial charge on any atom is 0.411 e. The maximum absolute atomic E-state index is 13.1. The summed E-state index contributed by atoms with van der Waals surface area (Å²) in [4.78, 5) is 29.7. The molecule has 5 rings (SSSR count). The molecule has 0 atom stereocenters. The first-order valence-corrected chi connectivity index (χ1v) is 18.8. The van der Waals surface area contributed by atoms with Crippen molar-refractivity contribution >= 4 is 25.9 Å². The van der Waals surface area contributed by atoms with Gasteiger partial charge in [-0.05, 0) is 66.8 Å². The van der Waals surface area contributed by atoms with Crippen LogP contribution in [0.4, 0.5) is 15.3 Å². The highest BCUT2D eigenvalue weighted by molar-refractivity contribution is 6.83. The van der Waals surface area contributed by atoms with Crippen LogP contribution in [-0.2, 0) is 16.0 Å². The van der Waals surface area contributed by atoms with Crippen LogP contribution >= 0.6 is 0 Å². The number of anilines is 1. The molecule has 0 aromatic heterocycles. The van der Waals surface area contributed by atoms with Crippen LogP contribution in [0, 0.1) is 11.5 Å². The summed E-state index contributed by atoms with van der Waals surface area (Å²) in [6.07, 6.45) is -0.755. The number of amides is 2. The Morgan fingerprint density at radius 2 is 1.52 bits per heavy atom. The summed E-state index contributed by atoms with van der Waals surface area (Å²) < 4.78 is 11.4. The van der Waals surface area contributed by atoms with Crippen molar-refractivity contribution in [3.05, 3.63) is 89.0 Å². The zero-order valence-electron chi connectivity index (χ0n) is 26.7. The van der Waals surface area contributed by atoms with Crippen molar-refractivity contribution in [1.29, 1.82) is 0 Å². The van der Waals surface area contributed by atoms with Gasteiger partial charge in [-0.1, -0.05) is 74.1 Å². The van der Waals surface area contributed by atoms with Gasteiger partial charge >= 0.3 is 12.2 Å². The number of nitrogens with zero attached hydrogens (tertiary/aromatic N) is 2. The number of carbonyl (C=O) groups is 2. The highest BCUT2D eigenvalue weighted by atomic mass is 28.3. The monoisotopic (exact) mass is 609 g/mol. The molecule has 0 spiro atoms. The zero-order chi connectivity index (χ0) is 31.5. The number of piperazine rings is 1. The first-order valence-electron chi connectivity index (χ1n) is 15.3. The molecule has 8 heteroatoms. The minimum atomic E-state index is -1.60. The topological polar surface area (TPSA) is 71.1 Å². The molecule has 1 heterocycles. The fraction of sp³-hybridized carbons (Fsp3) is 0.389. The Kier molecular flexibility index (Phi) is 9.19. The first kappa shape index (κ1) is 31.4. The van der Waals surface area contributed by atoms with Crippen molar-refractivity contribution < 1.29 is 19.1 Å². The summed E-state index contributed by atoms with van der Waals surface area (Å²) in [5, 5.41) is 2.97. The van der Waals surface area contributed by atoms with E-state index in [1.807, 2.05) is 57.2 Å². The van der Waals surface area contributed by atoms with Gasteiger partial charge in [-0.15, -0.1) is 5.54 Å². The molecule has 0 saturated carbocycles. The van der Waals surface area contributed by atoms with E-state index in [9.17, 15) is 9.59 Å². The lowest BCUT2D eigenvalue weighted by atomic mass is 9.98. The molecular weight excluding hydrogens is 566 g/mol. The van der Waals surface area contributed by atoms with Gasteiger partial charge in [-0.2, -0.15) is 0 Å². The number of fused-ring (bicyclic) bond motifs is 3. The molecule has 44 heavy (non-hydrogen) atoms. The summed E-state index contributed by atoms with van der Waals surface area (Å²) in [6, 6.07) is 22.6. The van der Waals surface area contributed by atoms with Crippen molar-refractivity contribution in [2.45, 2.75) is 58.5 Å². The van der Waals surface area contributed by atoms with Gasteiger partial charge in [0.2, 0.25) is 0 Å². The molecule has 3 aromatic rings. The maximum atomic E-state index is 13.1. The fourth-order valence-corrected chi connectivity index (χ4v) is 6.13. The Labute approximate surface area is 262 Å². The largest absolute Gasteiger partial charge is 0.448 e. The van der Waals surface area contributed by atoms with Gasteiger partial charge < -0.3 is 14.4 Å². The van der Waals surface area contributed by atoms with Crippen molar-refractivity contribution in [3.63, 3.8) is 0 Å². The predicted octanol–water partition coefficient (Wildman–Crippen LogP) is 7.33. The van der Waals surface area contributed by atoms with Crippen molar-refractivity contribution in [1.82, 2.24) is 9.80 Å². The van der Waals surface area contributed by atoms with E-state index in [2.05, 4.69) is 71.7 Å². The average Bonchev–Trinajstić information content (AvgIpc) is 3.28. The normalized spacial score (nSPS) is 15.1. The van der Waals surface area contributed by atoms with E-state index in [0.29, 0.717) is 25.3 Å². The Morgan fingerprint density at radius 3 is 2.11 bits per heavy atom. The summed E-state index contributed by atoms with van der Waals surface area (Å²) in [7, 11) is -1.60. The molecule has 1 saturated heterocycles. The summed E-state index contributed by atoms with van der Waals surface area (Å²) >= 11 is 0. The molecule has 3 aromatic carbocycles. The second-order valence-electron chi connectivity index (χ2n) is 13.6. The van der Waals surface area contributed by atoms with E-state index in [0.717, 1.165) is 24.2 Å². The lowest BCUT2D eigenvalue weighted by molar-refractivity contribution is 0.0139. The Hall–Kier alpha value is -4.06. The van der Waals surface area contributed by atoms with Crippen LogP contribution in [0.3, 0.4) is 0 Å². The third-order valence-electron chi connectivity index (χ3n) is 7.59. The molecule has 230 valence electrons. The van der Waals surface area contributed by atoms with Gasteiger partial charge in [-0.3, -0.25) is 10.2 Å². The van der Waals surface area contributed by atoms with Crippen molar-refractivity contribution in [2.75, 3.05) is 38.1 Å². The molecule has 0 bridgehead atoms. The number of hydrogen-bond acceptors (Lipinski definition) is 5. The van der Waals surface area contributed by atoms with Crippen LogP contribution in [0.15, 0.2) is 66.7 Å². The highest BCUT2D eigenvalue weighted by Crippen LogP contribution is 2.44. The van der Waals surface area contributed by atoms with E-state index >= 15 is 0 Å². The molecule has 2 aliphatic rings. The zero-order valence-corrected chi connectivity index (χ0v) is 27.7. The predicted molar refractivity (Wildman–Crippen MR) is 178 cm³/mol. The molecule has 7 nitrogen and oxygen atoms in total. The van der Waals surface area contributed by atoms with E-state index in [4.69, 9.17) is 9.47 Å². The van der Waals surface area contributed by atoms with Crippen LogP contribution in [-0.4, -0.2) is 68.4 Å². The number of rotatable bonds is 5. The Morgan fingerprint density at radius 1 is 0.909 bits per heavy atom. The van der Waals surface area contributed by atoms with Crippen LogP contribution in [0.1, 0.15) is 48.9 Å². The van der Waals surface area contributed by atoms with Crippen LogP contribution in [0.25, 0.3) is 11.1 Å². The van der Waals surface area contributed by atoms with E-state index in [1.54, 1.807) is 4.90 Å². The molecule has 0 unspecified atom stereocenters. The summed E-state index contributed by atoms with van der Waals surface area (Å²) in [5.74, 6) is 3.35. The SMILES string of the molecule is CC(C)(C)OC(=O)N1CCN(Cc2cc(C#C[Si](C)(C)C)cc(NC(=O)OCC3c4ccccc4-c4ccccc43)c2)CC1. The number of carbonyl (C=O) groups excluding carboxylic acids is 2. The van der Waals surface area contributed by atoms with E-state index in [-0.39, 0.29) is 18.6 Å². The van der Waals surface area contributed by atoms with Gasteiger partial charge in [-0.25, -0.2) is 9.59 Å². The minimum absolute atomic E-state index is 0.00277. The van der Waals surface area contributed by atoms with Crippen LogP contribution in [0.2, 0.25) is 19.6 Å². The number of ether oxygens (including phenoxy) is 2. The third kappa shape index (κ3) is 8.10. The number of hydrogen-bond donors (Lipinski definition) is 1. The van der Waals surface area contributed by atoms with Gasteiger partial charge in [0.15, 0.2) is 0 Å². The second-order valence-corrected chi connectivity index (χ2v) is 18.4. The molecule has 1 N–H and O–H groups in total. The minimum Gasteiger partial charge on any atom is -0.448 e. The lowest BCUT2D eigenvalue weighted by Crippen LogP contribution is -2.49. The molecule has 0 radical (unpaired) electrons. The molecule has 1 fully saturated rings. The highest BCUT2D eigenvalue weighted by Gasteiger charge is 2.29. The Balaban J connectivity index is 1.26. The van der Waals surface area contributed by atoms with E-state index in [1.165, 1.54) is 22.3 Å². The standard InChI is InChI=1S/C36H43N3O4Si/c1-36(2,3)43-35(41)39-18-16-38(17-19-39)24-27-21-26(15-20-44(4,5)6)22-28(23-27)37-34(40)42-25-33-31-13-9-7-11-29(31)30-12-8-10-14-32(30)33/h7-14,21-23,33H,16-19,24-25H2,1-6H3,(H,37,40). The molecule has 1 aliphatic carbocycles. The van der Waals surface area contributed by atoms with Gasteiger partial charge in [0, 0.05) is 49.9 Å². The van der Waals surface area contributed by atoms with Gasteiger partial charge in [0.1, 0.15) is 20.3 Å². The number of benzene rings is 3. The molecular formula is C36H43N3O4Si. The van der Waals surface area contributed by atoms with Gasteiger partial charge in [0.05, 0.1) is 0 Å². The summed E-state index contributed by atoms with van der Waals surface area (Å²) in [5.41, 5.74) is 10.3. The third-order valence-corrected chi connectivity index (χ3v) is 8.47. The lowest BCUT2D eigenvalue weighted by Gasteiger charge is -2.35.